The molecule has 1 amide bonds. The Morgan fingerprint density at radius 3 is 2.62 bits per heavy atom. The Kier molecular flexibility index (Phi) is 9.27. The smallest absolute Gasteiger partial charge is 0.309 e. The molecule has 29 heavy (non-hydrogen) atoms. The lowest BCUT2D eigenvalue weighted by Crippen LogP contribution is -2.47. The van der Waals surface area contributed by atoms with Gasteiger partial charge in [-0.2, -0.15) is 0 Å². The van der Waals surface area contributed by atoms with Crippen molar-refractivity contribution in [1.29, 1.82) is 0 Å². The summed E-state index contributed by atoms with van der Waals surface area (Å²) in [6.07, 6.45) is 1.52. The van der Waals surface area contributed by atoms with Crippen molar-refractivity contribution in [2.75, 3.05) is 46.4 Å². The van der Waals surface area contributed by atoms with Gasteiger partial charge in [0.15, 0.2) is 5.96 Å². The van der Waals surface area contributed by atoms with E-state index in [0.29, 0.717) is 31.0 Å². The number of guanidine groups is 1. The predicted octanol–water partition coefficient (Wildman–Crippen LogP) is 1.67. The lowest BCUT2D eigenvalue weighted by atomic mass is 9.97. The number of rotatable bonds is 8. The molecule has 1 aromatic carbocycles. The molecule has 0 spiro atoms. The number of esters is 1. The summed E-state index contributed by atoms with van der Waals surface area (Å²) in [4.78, 5) is 30.9. The van der Waals surface area contributed by atoms with Gasteiger partial charge in [0.2, 0.25) is 0 Å². The summed E-state index contributed by atoms with van der Waals surface area (Å²) in [7, 11) is 1.57. The first-order valence-electron chi connectivity index (χ1n) is 10.2. The minimum absolute atomic E-state index is 0.0313. The van der Waals surface area contributed by atoms with Crippen molar-refractivity contribution < 1.29 is 19.1 Å². The molecule has 0 aliphatic carbocycles. The summed E-state index contributed by atoms with van der Waals surface area (Å²) in [6, 6.07) is 7.04. The minimum Gasteiger partial charge on any atom is -0.497 e. The predicted molar refractivity (Wildman–Crippen MR) is 112 cm³/mol. The largest absolute Gasteiger partial charge is 0.497 e. The van der Waals surface area contributed by atoms with Crippen LogP contribution in [0.25, 0.3) is 0 Å². The van der Waals surface area contributed by atoms with Crippen LogP contribution in [0.1, 0.15) is 37.0 Å². The number of carbonyl (C=O) groups is 2. The Morgan fingerprint density at radius 2 is 1.97 bits per heavy atom. The maximum absolute atomic E-state index is 12.3. The number of nitrogens with zero attached hydrogens (tertiary/aromatic N) is 2. The Bertz CT molecular complexity index is 700. The van der Waals surface area contributed by atoms with Crippen molar-refractivity contribution >= 4 is 17.8 Å². The molecular weight excluding hydrogens is 372 g/mol. The molecule has 1 heterocycles. The van der Waals surface area contributed by atoms with E-state index < -0.39 is 0 Å². The zero-order chi connectivity index (χ0) is 21.1. The van der Waals surface area contributed by atoms with E-state index in [2.05, 4.69) is 20.5 Å². The second-order valence-corrected chi connectivity index (χ2v) is 6.74. The van der Waals surface area contributed by atoms with E-state index >= 15 is 0 Å². The van der Waals surface area contributed by atoms with Crippen LogP contribution < -0.4 is 15.4 Å². The monoisotopic (exact) mass is 404 g/mol. The van der Waals surface area contributed by atoms with E-state index in [9.17, 15) is 9.59 Å². The second kappa shape index (κ2) is 11.9. The van der Waals surface area contributed by atoms with Crippen LogP contribution in [0.2, 0.25) is 0 Å². The topological polar surface area (TPSA) is 92.3 Å². The van der Waals surface area contributed by atoms with E-state index in [1.165, 1.54) is 0 Å². The van der Waals surface area contributed by atoms with Gasteiger partial charge < -0.3 is 25.0 Å². The van der Waals surface area contributed by atoms with Gasteiger partial charge in [0.05, 0.1) is 26.2 Å². The van der Waals surface area contributed by atoms with Crippen molar-refractivity contribution in [2.45, 2.75) is 26.7 Å². The van der Waals surface area contributed by atoms with E-state index in [4.69, 9.17) is 9.47 Å². The third-order valence-electron chi connectivity index (χ3n) is 4.74. The SMILES string of the molecule is CCNC(=NCCNC(=O)c1cccc(OC)c1)N1CCC(C(=O)OCC)CC1. The molecule has 8 nitrogen and oxygen atoms in total. The quantitative estimate of drug-likeness (QED) is 0.296. The van der Waals surface area contributed by atoms with Gasteiger partial charge in [-0.25, -0.2) is 0 Å². The first-order valence-corrected chi connectivity index (χ1v) is 10.2. The molecular formula is C21H32N4O4. The van der Waals surface area contributed by atoms with Crippen LogP contribution >= 0.6 is 0 Å². The molecule has 2 rings (SSSR count). The summed E-state index contributed by atoms with van der Waals surface area (Å²) in [5.41, 5.74) is 0.557. The molecule has 1 aliphatic heterocycles. The Balaban J connectivity index is 1.83. The second-order valence-electron chi connectivity index (χ2n) is 6.74. The molecule has 0 unspecified atom stereocenters. The van der Waals surface area contributed by atoms with Gasteiger partial charge in [-0.3, -0.25) is 14.6 Å². The Morgan fingerprint density at radius 1 is 1.21 bits per heavy atom. The summed E-state index contributed by atoms with van der Waals surface area (Å²) in [5.74, 6) is 1.17. The van der Waals surface area contributed by atoms with E-state index in [1.807, 2.05) is 13.8 Å². The maximum Gasteiger partial charge on any atom is 0.309 e. The average molecular weight is 405 g/mol. The Hall–Kier alpha value is -2.77. The molecule has 0 atom stereocenters. The van der Waals surface area contributed by atoms with Crippen LogP contribution in [-0.4, -0.2) is 69.2 Å². The fraction of sp³-hybridized carbons (Fsp3) is 0.571. The number of aliphatic imine (C=N–C) groups is 1. The van der Waals surface area contributed by atoms with Crippen molar-refractivity contribution in [3.8, 4) is 5.75 Å². The fourth-order valence-electron chi connectivity index (χ4n) is 3.21. The lowest BCUT2D eigenvalue weighted by molar-refractivity contribution is -0.149. The number of methoxy groups -OCH3 is 1. The zero-order valence-electron chi connectivity index (χ0n) is 17.6. The number of piperidine rings is 1. The highest BCUT2D eigenvalue weighted by Gasteiger charge is 2.27. The van der Waals surface area contributed by atoms with Crippen LogP contribution in [0.5, 0.6) is 5.75 Å². The van der Waals surface area contributed by atoms with E-state index in [-0.39, 0.29) is 17.8 Å². The summed E-state index contributed by atoms with van der Waals surface area (Å²) in [5, 5.41) is 6.16. The molecule has 1 saturated heterocycles. The third kappa shape index (κ3) is 6.96. The van der Waals surface area contributed by atoms with E-state index in [1.54, 1.807) is 31.4 Å². The van der Waals surface area contributed by atoms with Crippen molar-refractivity contribution in [3.63, 3.8) is 0 Å². The molecule has 1 aliphatic rings. The van der Waals surface area contributed by atoms with Gasteiger partial charge in [-0.1, -0.05) is 6.07 Å². The standard InChI is InChI=1S/C21H32N4O4/c1-4-22-21(25-13-9-16(10-14-25)20(27)29-5-2)24-12-11-23-19(26)17-7-6-8-18(15-17)28-3/h6-8,15-16H,4-5,9-14H2,1-3H3,(H,22,24)(H,23,26). The summed E-state index contributed by atoms with van der Waals surface area (Å²) >= 11 is 0. The molecule has 0 saturated carbocycles. The zero-order valence-corrected chi connectivity index (χ0v) is 17.6. The normalized spacial score (nSPS) is 15.0. The number of carbonyl (C=O) groups excluding carboxylic acids is 2. The van der Waals surface area contributed by atoms with Crippen LogP contribution in [0.4, 0.5) is 0 Å². The lowest BCUT2D eigenvalue weighted by Gasteiger charge is -2.33. The maximum atomic E-state index is 12.3. The first-order chi connectivity index (χ1) is 14.1. The molecule has 2 N–H and O–H groups in total. The molecule has 0 bridgehead atoms. The molecule has 1 fully saturated rings. The summed E-state index contributed by atoms with van der Waals surface area (Å²) in [6.45, 7) is 7.44. The summed E-state index contributed by atoms with van der Waals surface area (Å²) < 4.78 is 10.3. The van der Waals surface area contributed by atoms with Gasteiger partial charge in [-0.15, -0.1) is 0 Å². The highest BCUT2D eigenvalue weighted by atomic mass is 16.5. The number of benzene rings is 1. The molecule has 8 heteroatoms. The fourth-order valence-corrected chi connectivity index (χ4v) is 3.21. The number of nitrogens with one attached hydrogen (secondary N) is 2. The molecule has 1 aromatic rings. The molecule has 0 aromatic heterocycles. The van der Waals surface area contributed by atoms with E-state index in [0.717, 1.165) is 38.4 Å². The number of hydrogen-bond acceptors (Lipinski definition) is 5. The van der Waals surface area contributed by atoms with Crippen LogP contribution in [0.3, 0.4) is 0 Å². The number of amides is 1. The molecule has 160 valence electrons. The highest BCUT2D eigenvalue weighted by molar-refractivity contribution is 5.94. The van der Waals surface area contributed by atoms with Crippen LogP contribution in [0, 0.1) is 5.92 Å². The number of ether oxygens (including phenoxy) is 2. The van der Waals surface area contributed by atoms with Gasteiger partial charge in [0.25, 0.3) is 5.91 Å². The average Bonchev–Trinajstić information content (AvgIpc) is 2.76. The van der Waals surface area contributed by atoms with Crippen LogP contribution in [0.15, 0.2) is 29.3 Å². The minimum atomic E-state index is -0.153. The van der Waals surface area contributed by atoms with Gasteiger partial charge >= 0.3 is 5.97 Å². The van der Waals surface area contributed by atoms with Crippen molar-refractivity contribution in [3.05, 3.63) is 29.8 Å². The van der Waals surface area contributed by atoms with Crippen LogP contribution in [-0.2, 0) is 9.53 Å². The Labute approximate surface area is 172 Å². The van der Waals surface area contributed by atoms with Gasteiger partial charge in [-0.05, 0) is 44.9 Å². The third-order valence-corrected chi connectivity index (χ3v) is 4.74. The van der Waals surface area contributed by atoms with Gasteiger partial charge in [0.1, 0.15) is 5.75 Å². The first kappa shape index (κ1) is 22.5. The highest BCUT2D eigenvalue weighted by Crippen LogP contribution is 2.18. The van der Waals surface area contributed by atoms with Gasteiger partial charge in [0, 0.05) is 31.7 Å². The van der Waals surface area contributed by atoms with Crippen molar-refractivity contribution in [2.24, 2.45) is 10.9 Å². The van der Waals surface area contributed by atoms with Crippen molar-refractivity contribution in [1.82, 2.24) is 15.5 Å². The number of likely N-dealkylation sites (tertiary alicyclic amines) is 1. The number of hydrogen-bond donors (Lipinski definition) is 2. The molecule has 0 radical (unpaired) electrons.